The number of carbonyl (C=O) groups excluding carboxylic acids is 1. The molecular weight excluding hydrogens is 268 g/mol. The van der Waals surface area contributed by atoms with Crippen LogP contribution in [0.15, 0.2) is 23.0 Å². The Morgan fingerprint density at radius 3 is 2.71 bits per heavy atom. The standard InChI is InChI=1S/C16H26N2O3/c1-11(13-7-8-20-10-13)18-14(12-5-6-12)9-17-15(19)21-16(2,3)4/h7-8,10-12,14,18H,5-6,9H2,1-4H3,(H,17,19). The van der Waals surface area contributed by atoms with Gasteiger partial charge in [-0.1, -0.05) is 0 Å². The zero-order valence-corrected chi connectivity index (χ0v) is 13.3. The third-order valence-corrected chi connectivity index (χ3v) is 3.56. The van der Waals surface area contributed by atoms with Crippen molar-refractivity contribution in [3.8, 4) is 0 Å². The van der Waals surface area contributed by atoms with Gasteiger partial charge in [-0.3, -0.25) is 0 Å². The largest absolute Gasteiger partial charge is 0.472 e. The molecule has 2 unspecified atom stereocenters. The molecule has 1 fully saturated rings. The Morgan fingerprint density at radius 1 is 1.48 bits per heavy atom. The van der Waals surface area contributed by atoms with Gasteiger partial charge in [-0.2, -0.15) is 0 Å². The van der Waals surface area contributed by atoms with Crippen molar-refractivity contribution in [2.45, 2.75) is 58.2 Å². The fourth-order valence-electron chi connectivity index (χ4n) is 2.31. The molecule has 1 aliphatic carbocycles. The lowest BCUT2D eigenvalue weighted by molar-refractivity contribution is 0.0520. The van der Waals surface area contributed by atoms with E-state index in [2.05, 4.69) is 17.6 Å². The first kappa shape index (κ1) is 15.9. The highest BCUT2D eigenvalue weighted by Crippen LogP contribution is 2.33. The highest BCUT2D eigenvalue weighted by Gasteiger charge is 2.32. The van der Waals surface area contributed by atoms with E-state index in [1.54, 1.807) is 12.5 Å². The molecule has 1 aromatic heterocycles. The summed E-state index contributed by atoms with van der Waals surface area (Å²) in [5.74, 6) is 0.634. The van der Waals surface area contributed by atoms with E-state index < -0.39 is 5.60 Å². The average molecular weight is 294 g/mol. The zero-order chi connectivity index (χ0) is 15.5. The van der Waals surface area contributed by atoms with Gasteiger partial charge in [0.15, 0.2) is 0 Å². The number of ether oxygens (including phenoxy) is 1. The molecule has 0 spiro atoms. The maximum atomic E-state index is 11.7. The second kappa shape index (κ2) is 6.52. The number of alkyl carbamates (subject to hydrolysis) is 1. The van der Waals surface area contributed by atoms with Crippen molar-refractivity contribution >= 4 is 6.09 Å². The average Bonchev–Trinajstić information content (AvgIpc) is 3.06. The molecular formula is C16H26N2O3. The van der Waals surface area contributed by atoms with Crippen molar-refractivity contribution in [2.75, 3.05) is 6.54 Å². The predicted octanol–water partition coefficient (Wildman–Crippen LogP) is 3.23. The fraction of sp³-hybridized carbons (Fsp3) is 0.688. The monoisotopic (exact) mass is 294 g/mol. The van der Waals surface area contributed by atoms with Crippen LogP contribution < -0.4 is 10.6 Å². The topological polar surface area (TPSA) is 63.5 Å². The molecule has 1 heterocycles. The van der Waals surface area contributed by atoms with Crippen LogP contribution in [0.5, 0.6) is 0 Å². The summed E-state index contributed by atoms with van der Waals surface area (Å²) in [5.41, 5.74) is 0.661. The SMILES string of the molecule is CC(NC(CNC(=O)OC(C)(C)C)C1CC1)c1ccoc1. The Labute approximate surface area is 126 Å². The van der Waals surface area contributed by atoms with Gasteiger partial charge in [-0.25, -0.2) is 4.79 Å². The minimum Gasteiger partial charge on any atom is -0.472 e. The first-order chi connectivity index (χ1) is 9.85. The minimum absolute atomic E-state index is 0.204. The van der Waals surface area contributed by atoms with E-state index in [1.165, 1.54) is 12.8 Å². The van der Waals surface area contributed by atoms with Gasteiger partial charge in [0.2, 0.25) is 0 Å². The molecule has 1 amide bonds. The van der Waals surface area contributed by atoms with Crippen molar-refractivity contribution in [1.82, 2.24) is 10.6 Å². The predicted molar refractivity (Wildman–Crippen MR) is 81.0 cm³/mol. The number of rotatable bonds is 6. The summed E-state index contributed by atoms with van der Waals surface area (Å²) in [5, 5.41) is 6.43. The van der Waals surface area contributed by atoms with Crippen LogP contribution >= 0.6 is 0 Å². The molecule has 1 aromatic rings. The van der Waals surface area contributed by atoms with E-state index >= 15 is 0 Å². The molecule has 2 atom stereocenters. The molecule has 21 heavy (non-hydrogen) atoms. The molecule has 0 radical (unpaired) electrons. The van der Waals surface area contributed by atoms with Gasteiger partial charge in [-0.15, -0.1) is 0 Å². The molecule has 1 saturated carbocycles. The van der Waals surface area contributed by atoms with Crippen LogP contribution in [-0.4, -0.2) is 24.3 Å². The van der Waals surface area contributed by atoms with Gasteiger partial charge in [0.05, 0.1) is 12.5 Å². The fourth-order valence-corrected chi connectivity index (χ4v) is 2.31. The Morgan fingerprint density at radius 2 is 2.19 bits per heavy atom. The van der Waals surface area contributed by atoms with Crippen LogP contribution in [0.1, 0.15) is 52.1 Å². The highest BCUT2D eigenvalue weighted by molar-refractivity contribution is 5.67. The molecule has 118 valence electrons. The number of carbonyl (C=O) groups is 1. The van der Waals surface area contributed by atoms with Crippen molar-refractivity contribution in [2.24, 2.45) is 5.92 Å². The summed E-state index contributed by atoms with van der Waals surface area (Å²) in [6.07, 6.45) is 5.50. The minimum atomic E-state index is -0.462. The molecule has 0 aromatic carbocycles. The summed E-state index contributed by atoms with van der Waals surface area (Å²) < 4.78 is 10.4. The van der Waals surface area contributed by atoms with E-state index in [-0.39, 0.29) is 18.2 Å². The Kier molecular flexibility index (Phi) is 4.93. The van der Waals surface area contributed by atoms with Gasteiger partial charge in [0.25, 0.3) is 0 Å². The summed E-state index contributed by atoms with van der Waals surface area (Å²) in [7, 11) is 0. The number of amides is 1. The maximum Gasteiger partial charge on any atom is 0.407 e. The second-order valence-corrected chi connectivity index (χ2v) is 6.77. The lowest BCUT2D eigenvalue weighted by Crippen LogP contribution is -2.44. The number of nitrogens with one attached hydrogen (secondary N) is 2. The number of hydrogen-bond acceptors (Lipinski definition) is 4. The normalized spacial score (nSPS) is 18.1. The molecule has 1 aliphatic rings. The van der Waals surface area contributed by atoms with Gasteiger partial charge >= 0.3 is 6.09 Å². The molecule has 0 bridgehead atoms. The maximum absolute atomic E-state index is 11.7. The Balaban J connectivity index is 1.81. The third-order valence-electron chi connectivity index (χ3n) is 3.56. The summed E-state index contributed by atoms with van der Waals surface area (Å²) >= 11 is 0. The molecule has 0 aliphatic heterocycles. The van der Waals surface area contributed by atoms with Crippen LogP contribution in [0.2, 0.25) is 0 Å². The molecule has 5 nitrogen and oxygen atoms in total. The van der Waals surface area contributed by atoms with Crippen LogP contribution in [0.25, 0.3) is 0 Å². The van der Waals surface area contributed by atoms with Crippen LogP contribution in [0.3, 0.4) is 0 Å². The highest BCUT2D eigenvalue weighted by atomic mass is 16.6. The van der Waals surface area contributed by atoms with Gasteiger partial charge < -0.3 is 19.8 Å². The van der Waals surface area contributed by atoms with Gasteiger partial charge in [0, 0.05) is 24.2 Å². The molecule has 2 N–H and O–H groups in total. The summed E-state index contributed by atoms with van der Waals surface area (Å²) in [6.45, 7) is 8.29. The first-order valence-electron chi connectivity index (χ1n) is 7.60. The Hall–Kier alpha value is -1.49. The second-order valence-electron chi connectivity index (χ2n) is 6.77. The smallest absolute Gasteiger partial charge is 0.407 e. The van der Waals surface area contributed by atoms with Gasteiger partial charge in [0.1, 0.15) is 5.60 Å². The van der Waals surface area contributed by atoms with E-state index in [1.807, 2.05) is 26.8 Å². The first-order valence-corrected chi connectivity index (χ1v) is 7.60. The lowest BCUT2D eigenvalue weighted by atomic mass is 10.1. The van der Waals surface area contributed by atoms with Crippen molar-refractivity contribution in [1.29, 1.82) is 0 Å². The van der Waals surface area contributed by atoms with Crippen molar-refractivity contribution in [3.05, 3.63) is 24.2 Å². The van der Waals surface area contributed by atoms with Crippen LogP contribution in [0, 0.1) is 5.92 Å². The van der Waals surface area contributed by atoms with Crippen molar-refractivity contribution in [3.63, 3.8) is 0 Å². The third kappa shape index (κ3) is 5.42. The van der Waals surface area contributed by atoms with Gasteiger partial charge in [-0.05, 0) is 52.5 Å². The summed E-state index contributed by atoms with van der Waals surface area (Å²) in [4.78, 5) is 11.7. The Bertz CT molecular complexity index is 447. The number of furan rings is 1. The zero-order valence-electron chi connectivity index (χ0n) is 13.3. The van der Waals surface area contributed by atoms with Crippen LogP contribution in [0.4, 0.5) is 4.79 Å². The van der Waals surface area contributed by atoms with E-state index in [9.17, 15) is 4.79 Å². The van der Waals surface area contributed by atoms with Crippen LogP contribution in [-0.2, 0) is 4.74 Å². The van der Waals surface area contributed by atoms with E-state index in [0.717, 1.165) is 5.56 Å². The summed E-state index contributed by atoms with van der Waals surface area (Å²) in [6, 6.07) is 2.43. The molecule has 5 heteroatoms. The quantitative estimate of drug-likeness (QED) is 0.845. The molecule has 0 saturated heterocycles. The molecule has 2 rings (SSSR count). The van der Waals surface area contributed by atoms with E-state index in [4.69, 9.17) is 9.15 Å². The number of hydrogen-bond donors (Lipinski definition) is 2. The van der Waals surface area contributed by atoms with Crippen molar-refractivity contribution < 1.29 is 13.9 Å². The van der Waals surface area contributed by atoms with E-state index in [0.29, 0.717) is 12.5 Å². The lowest BCUT2D eigenvalue weighted by Gasteiger charge is -2.24.